The van der Waals surface area contributed by atoms with Gasteiger partial charge >= 0.3 is 0 Å². The fraction of sp³-hybridized carbons (Fsp3) is 0.889. The van der Waals surface area contributed by atoms with Crippen LogP contribution in [0, 0.1) is 10.8 Å². The van der Waals surface area contributed by atoms with Crippen molar-refractivity contribution >= 4 is 5.71 Å². The summed E-state index contributed by atoms with van der Waals surface area (Å²) >= 11 is 0. The second-order valence-corrected chi connectivity index (χ2v) is 3.77. The van der Waals surface area contributed by atoms with Gasteiger partial charge in [0.05, 0.1) is 12.7 Å². The fourth-order valence-corrected chi connectivity index (χ4v) is 1.23. The minimum absolute atomic E-state index is 0.0178. The van der Waals surface area contributed by atoms with Crippen LogP contribution < -0.4 is 0 Å². The summed E-state index contributed by atoms with van der Waals surface area (Å²) in [4.78, 5) is 0. The predicted octanol–water partition coefficient (Wildman–Crippen LogP) is 2.23. The van der Waals surface area contributed by atoms with Gasteiger partial charge in [-0.25, -0.2) is 0 Å². The Morgan fingerprint density at radius 3 is 2.55 bits per heavy atom. The summed E-state index contributed by atoms with van der Waals surface area (Å²) in [7, 11) is 0. The van der Waals surface area contributed by atoms with Gasteiger partial charge in [-0.05, 0) is 6.42 Å². The first kappa shape index (κ1) is 8.72. The van der Waals surface area contributed by atoms with Crippen LogP contribution in [0.2, 0.25) is 0 Å². The van der Waals surface area contributed by atoms with Crippen molar-refractivity contribution < 1.29 is 4.74 Å². The van der Waals surface area contributed by atoms with Crippen molar-refractivity contribution in [3.05, 3.63) is 0 Å². The van der Waals surface area contributed by atoms with Crippen molar-refractivity contribution in [3.63, 3.8) is 0 Å². The molecule has 1 fully saturated rings. The average Bonchev–Trinajstić information content (AvgIpc) is 2.68. The Morgan fingerprint density at radius 1 is 1.64 bits per heavy atom. The van der Waals surface area contributed by atoms with Crippen molar-refractivity contribution in [2.45, 2.75) is 39.7 Å². The third-order valence-electron chi connectivity index (χ3n) is 2.42. The number of epoxide rings is 1. The highest BCUT2D eigenvalue weighted by atomic mass is 16.6. The van der Waals surface area contributed by atoms with Gasteiger partial charge in [-0.15, -0.1) is 0 Å². The summed E-state index contributed by atoms with van der Waals surface area (Å²) in [5, 5.41) is 7.78. The van der Waals surface area contributed by atoms with E-state index in [-0.39, 0.29) is 5.41 Å². The summed E-state index contributed by atoms with van der Waals surface area (Å²) in [6.45, 7) is 7.16. The lowest BCUT2D eigenvalue weighted by Crippen LogP contribution is -2.29. The molecule has 11 heavy (non-hydrogen) atoms. The molecule has 0 aromatic carbocycles. The van der Waals surface area contributed by atoms with Crippen LogP contribution in [-0.4, -0.2) is 18.4 Å². The molecule has 0 aromatic heterocycles. The topological polar surface area (TPSA) is 36.4 Å². The van der Waals surface area contributed by atoms with E-state index in [0.29, 0.717) is 6.10 Å². The number of ether oxygens (including phenoxy) is 1. The van der Waals surface area contributed by atoms with Crippen LogP contribution in [0.4, 0.5) is 0 Å². The molecule has 1 rings (SSSR count). The molecule has 1 aliphatic heterocycles. The van der Waals surface area contributed by atoms with Gasteiger partial charge in [-0.2, -0.15) is 0 Å². The van der Waals surface area contributed by atoms with Gasteiger partial charge in [0.1, 0.15) is 0 Å². The van der Waals surface area contributed by atoms with Crippen LogP contribution in [-0.2, 0) is 4.74 Å². The van der Waals surface area contributed by atoms with Crippen molar-refractivity contribution in [2.24, 2.45) is 5.41 Å². The molecule has 2 heteroatoms. The van der Waals surface area contributed by atoms with Gasteiger partial charge in [0.25, 0.3) is 0 Å². The highest BCUT2D eigenvalue weighted by Crippen LogP contribution is 2.34. The van der Waals surface area contributed by atoms with Gasteiger partial charge in [-0.3, -0.25) is 0 Å². The summed E-state index contributed by atoms with van der Waals surface area (Å²) in [6.07, 6.45) is 2.29. The van der Waals surface area contributed by atoms with E-state index in [1.54, 1.807) is 0 Å². The normalized spacial score (nSPS) is 23.4. The molecule has 0 spiro atoms. The van der Waals surface area contributed by atoms with E-state index >= 15 is 0 Å². The monoisotopic (exact) mass is 155 g/mol. The van der Waals surface area contributed by atoms with Crippen LogP contribution in [0.3, 0.4) is 0 Å². The van der Waals surface area contributed by atoms with Gasteiger partial charge in [-0.1, -0.05) is 27.2 Å². The van der Waals surface area contributed by atoms with Gasteiger partial charge in [0.2, 0.25) is 0 Å². The molecular formula is C9H17NO. The molecule has 0 amide bonds. The molecular weight excluding hydrogens is 138 g/mol. The molecule has 1 aliphatic rings. The lowest BCUT2D eigenvalue weighted by molar-refractivity contribution is 0.310. The first-order valence-corrected chi connectivity index (χ1v) is 4.28. The smallest absolute Gasteiger partial charge is 0.0912 e. The Bertz CT molecular complexity index is 159. The molecule has 1 unspecified atom stereocenters. The van der Waals surface area contributed by atoms with E-state index in [4.69, 9.17) is 10.1 Å². The van der Waals surface area contributed by atoms with Crippen LogP contribution in [0.5, 0.6) is 0 Å². The molecule has 1 atom stereocenters. The highest BCUT2D eigenvalue weighted by Gasteiger charge is 2.41. The Balaban J connectivity index is 2.48. The summed E-state index contributed by atoms with van der Waals surface area (Å²) in [5.41, 5.74) is 0.818. The molecule has 0 aromatic rings. The maximum atomic E-state index is 7.78. The Morgan fingerprint density at radius 2 is 2.18 bits per heavy atom. The zero-order valence-corrected chi connectivity index (χ0v) is 7.61. The van der Waals surface area contributed by atoms with Crippen LogP contribution in [0.25, 0.3) is 0 Å². The second kappa shape index (κ2) is 2.94. The van der Waals surface area contributed by atoms with E-state index in [2.05, 4.69) is 20.8 Å². The second-order valence-electron chi connectivity index (χ2n) is 3.77. The molecule has 0 radical (unpaired) electrons. The third-order valence-corrected chi connectivity index (χ3v) is 2.42. The zero-order chi connectivity index (χ0) is 8.48. The van der Waals surface area contributed by atoms with Gasteiger partial charge in [0.15, 0.2) is 0 Å². The summed E-state index contributed by atoms with van der Waals surface area (Å²) < 4.78 is 5.20. The molecule has 2 nitrogen and oxygen atoms in total. The first-order valence-electron chi connectivity index (χ1n) is 4.28. The summed E-state index contributed by atoms with van der Waals surface area (Å²) in [5.74, 6) is 0. The first-order chi connectivity index (χ1) is 5.09. The number of rotatable bonds is 4. The maximum Gasteiger partial charge on any atom is 0.0912 e. The minimum Gasteiger partial charge on any atom is -0.372 e. The van der Waals surface area contributed by atoms with E-state index in [1.807, 2.05) is 0 Å². The summed E-state index contributed by atoms with van der Waals surface area (Å²) in [6, 6.07) is 0. The van der Waals surface area contributed by atoms with E-state index in [1.165, 1.54) is 0 Å². The van der Waals surface area contributed by atoms with Crippen molar-refractivity contribution in [1.29, 1.82) is 5.41 Å². The Kier molecular flexibility index (Phi) is 2.33. The molecule has 0 saturated carbocycles. The average molecular weight is 155 g/mol. The SMILES string of the molecule is CCCC(=N)C(C)(C)C1CO1. The molecule has 0 aliphatic carbocycles. The highest BCUT2D eigenvalue weighted by molar-refractivity contribution is 5.87. The minimum atomic E-state index is -0.0178. The Hall–Kier alpha value is -0.370. The number of hydrogen-bond donors (Lipinski definition) is 1. The van der Waals surface area contributed by atoms with Gasteiger partial charge in [0, 0.05) is 11.1 Å². The quantitative estimate of drug-likeness (QED) is 0.490. The molecule has 0 bridgehead atoms. The van der Waals surface area contributed by atoms with Crippen LogP contribution in [0.1, 0.15) is 33.6 Å². The molecule has 64 valence electrons. The van der Waals surface area contributed by atoms with E-state index in [9.17, 15) is 0 Å². The Labute approximate surface area is 68.5 Å². The van der Waals surface area contributed by atoms with Crippen molar-refractivity contribution in [2.75, 3.05) is 6.61 Å². The largest absolute Gasteiger partial charge is 0.372 e. The number of hydrogen-bond acceptors (Lipinski definition) is 2. The predicted molar refractivity (Wildman–Crippen MR) is 46.2 cm³/mol. The maximum absolute atomic E-state index is 7.78. The van der Waals surface area contributed by atoms with E-state index in [0.717, 1.165) is 25.2 Å². The third kappa shape index (κ3) is 1.80. The van der Waals surface area contributed by atoms with E-state index < -0.39 is 0 Å². The van der Waals surface area contributed by atoms with Crippen LogP contribution >= 0.6 is 0 Å². The lowest BCUT2D eigenvalue weighted by atomic mass is 9.82. The standard InChI is InChI=1S/C9H17NO/c1-4-5-7(10)9(2,3)8-6-11-8/h8,10H,4-6H2,1-3H3. The van der Waals surface area contributed by atoms with Crippen molar-refractivity contribution in [1.82, 2.24) is 0 Å². The van der Waals surface area contributed by atoms with Gasteiger partial charge < -0.3 is 10.1 Å². The van der Waals surface area contributed by atoms with Crippen LogP contribution in [0.15, 0.2) is 0 Å². The lowest BCUT2D eigenvalue weighted by Gasteiger charge is -2.22. The van der Waals surface area contributed by atoms with Crippen molar-refractivity contribution in [3.8, 4) is 0 Å². The molecule has 1 saturated heterocycles. The number of nitrogens with one attached hydrogen (secondary N) is 1. The zero-order valence-electron chi connectivity index (χ0n) is 7.61. The molecule has 1 N–H and O–H groups in total. The fourth-order valence-electron chi connectivity index (χ4n) is 1.23. The molecule has 1 heterocycles.